The van der Waals surface area contributed by atoms with Crippen LogP contribution in [0.3, 0.4) is 0 Å². The van der Waals surface area contributed by atoms with Crippen molar-refractivity contribution in [1.29, 1.82) is 0 Å². The standard InChI is InChI=1S/C21H14F11N3O3S/c1-8-2-14(39-16(8)17(37)33-6-15(36)34-7-19(24,25)26)13-5-18(38-35-13,21(30,31)32)9-3-10(20(27,28)29)12(23)4-11(9)22/h2-4H,5-7H2,1H3,(H,33,37)(H,34,36)/t18-/m1/s1. The number of nitrogens with one attached hydrogen (secondary N) is 2. The topological polar surface area (TPSA) is 79.8 Å². The fraction of sp³-hybridized carbons (Fsp3) is 0.381. The summed E-state index contributed by atoms with van der Waals surface area (Å²) in [6, 6.07) is 0.453. The van der Waals surface area contributed by atoms with Crippen LogP contribution < -0.4 is 10.6 Å². The summed E-state index contributed by atoms with van der Waals surface area (Å²) in [6.07, 6.45) is -17.1. The highest BCUT2D eigenvalue weighted by Gasteiger charge is 2.64. The average Bonchev–Trinajstić information content (AvgIpc) is 3.39. The number of amides is 2. The summed E-state index contributed by atoms with van der Waals surface area (Å²) in [4.78, 5) is 28.0. The van der Waals surface area contributed by atoms with Gasteiger partial charge in [-0.05, 0) is 24.6 Å². The SMILES string of the molecule is Cc1cc(C2=NO[C@](c3cc(C(F)(F)F)c(F)cc3F)(C(F)(F)F)C2)sc1C(=O)NCC(=O)NCC(F)(F)F. The lowest BCUT2D eigenvalue weighted by molar-refractivity contribution is -0.277. The number of rotatable bonds is 6. The van der Waals surface area contributed by atoms with Gasteiger partial charge in [-0.3, -0.25) is 9.59 Å². The third-order valence-electron chi connectivity index (χ3n) is 5.29. The van der Waals surface area contributed by atoms with E-state index in [1.54, 1.807) is 0 Å². The summed E-state index contributed by atoms with van der Waals surface area (Å²) in [7, 11) is 0. The van der Waals surface area contributed by atoms with Gasteiger partial charge in [0.05, 0.1) is 28.3 Å². The Morgan fingerprint density at radius 3 is 2.21 bits per heavy atom. The Labute approximate surface area is 214 Å². The summed E-state index contributed by atoms with van der Waals surface area (Å²) in [6.45, 7) is -1.20. The molecule has 2 amide bonds. The van der Waals surface area contributed by atoms with Crippen molar-refractivity contribution in [1.82, 2.24) is 10.6 Å². The molecule has 1 aliphatic rings. The van der Waals surface area contributed by atoms with Gasteiger partial charge in [-0.25, -0.2) is 8.78 Å². The van der Waals surface area contributed by atoms with Gasteiger partial charge in [0.2, 0.25) is 5.91 Å². The highest BCUT2D eigenvalue weighted by atomic mass is 32.1. The number of hydrogen-bond acceptors (Lipinski definition) is 5. The number of halogens is 11. The maximum absolute atomic E-state index is 14.4. The molecule has 1 aliphatic heterocycles. The molecule has 1 atom stereocenters. The minimum atomic E-state index is -5.55. The van der Waals surface area contributed by atoms with Crippen LogP contribution in [0.4, 0.5) is 48.3 Å². The van der Waals surface area contributed by atoms with Crippen molar-refractivity contribution in [2.75, 3.05) is 13.1 Å². The molecule has 0 fully saturated rings. The monoisotopic (exact) mass is 597 g/mol. The lowest BCUT2D eigenvalue weighted by Gasteiger charge is -2.30. The zero-order valence-electron chi connectivity index (χ0n) is 19.1. The van der Waals surface area contributed by atoms with Gasteiger partial charge in [-0.2, -0.15) is 39.5 Å². The molecule has 2 aromatic rings. The second-order valence-electron chi connectivity index (χ2n) is 8.14. The molecule has 0 spiro atoms. The van der Waals surface area contributed by atoms with E-state index in [1.807, 2.05) is 5.32 Å². The molecule has 39 heavy (non-hydrogen) atoms. The number of carbonyl (C=O) groups is 2. The summed E-state index contributed by atoms with van der Waals surface area (Å²) in [5.74, 6) is -6.28. The summed E-state index contributed by atoms with van der Waals surface area (Å²) < 4.78 is 146. The van der Waals surface area contributed by atoms with Crippen LogP contribution >= 0.6 is 11.3 Å². The van der Waals surface area contributed by atoms with E-state index in [0.29, 0.717) is 11.3 Å². The molecule has 0 saturated carbocycles. The van der Waals surface area contributed by atoms with Crippen LogP contribution in [0.1, 0.15) is 37.7 Å². The molecule has 6 nitrogen and oxygen atoms in total. The number of aryl methyl sites for hydroxylation is 1. The van der Waals surface area contributed by atoms with Crippen molar-refractivity contribution in [2.24, 2.45) is 5.16 Å². The quantitative estimate of drug-likeness (QED) is 0.442. The van der Waals surface area contributed by atoms with E-state index in [1.165, 1.54) is 12.2 Å². The molecule has 214 valence electrons. The molecule has 1 aromatic carbocycles. The number of hydrogen-bond donors (Lipinski definition) is 2. The van der Waals surface area contributed by atoms with Gasteiger partial charge in [0.15, 0.2) is 0 Å². The Morgan fingerprint density at radius 2 is 1.64 bits per heavy atom. The Balaban J connectivity index is 1.85. The highest BCUT2D eigenvalue weighted by Crippen LogP contribution is 2.51. The molecule has 0 bridgehead atoms. The first-order valence-electron chi connectivity index (χ1n) is 10.4. The smallest absolute Gasteiger partial charge is 0.374 e. The fourth-order valence-corrected chi connectivity index (χ4v) is 4.51. The van der Waals surface area contributed by atoms with E-state index in [4.69, 9.17) is 0 Å². The van der Waals surface area contributed by atoms with Crippen LogP contribution in [0, 0.1) is 18.6 Å². The number of thiophene rings is 1. The van der Waals surface area contributed by atoms with Gasteiger partial charge in [0.1, 0.15) is 23.9 Å². The molecule has 3 rings (SSSR count). The van der Waals surface area contributed by atoms with E-state index in [0.717, 1.165) is 6.07 Å². The molecule has 0 saturated heterocycles. The Morgan fingerprint density at radius 1 is 1.00 bits per heavy atom. The first-order valence-corrected chi connectivity index (χ1v) is 11.2. The first-order chi connectivity index (χ1) is 17.7. The normalized spacial score (nSPS) is 18.0. The number of carbonyl (C=O) groups excluding carboxylic acids is 2. The molecule has 18 heteroatoms. The molecular formula is C21H14F11N3O3S. The van der Waals surface area contributed by atoms with Crippen molar-refractivity contribution in [2.45, 2.75) is 37.5 Å². The zero-order chi connectivity index (χ0) is 29.6. The van der Waals surface area contributed by atoms with Crippen molar-refractivity contribution in [3.05, 3.63) is 56.3 Å². The summed E-state index contributed by atoms with van der Waals surface area (Å²) >= 11 is 0.519. The van der Waals surface area contributed by atoms with Crippen molar-refractivity contribution < 1.29 is 62.7 Å². The largest absolute Gasteiger partial charge is 0.435 e. The van der Waals surface area contributed by atoms with E-state index in [2.05, 4.69) is 9.99 Å². The summed E-state index contributed by atoms with van der Waals surface area (Å²) in [5, 5.41) is 6.80. The highest BCUT2D eigenvalue weighted by molar-refractivity contribution is 7.16. The molecule has 0 unspecified atom stereocenters. The predicted molar refractivity (Wildman–Crippen MR) is 112 cm³/mol. The van der Waals surface area contributed by atoms with Crippen molar-refractivity contribution in [3.63, 3.8) is 0 Å². The van der Waals surface area contributed by atoms with E-state index >= 15 is 0 Å². The Kier molecular flexibility index (Phi) is 7.93. The maximum atomic E-state index is 14.4. The summed E-state index contributed by atoms with van der Waals surface area (Å²) in [5.41, 5.74) is -8.01. The van der Waals surface area contributed by atoms with Crippen molar-refractivity contribution in [3.8, 4) is 0 Å². The number of oxime groups is 1. The Hall–Kier alpha value is -3.44. The second kappa shape index (κ2) is 10.3. The molecule has 2 N–H and O–H groups in total. The lowest BCUT2D eigenvalue weighted by atomic mass is 9.86. The van der Waals surface area contributed by atoms with Crippen LogP contribution in [0.25, 0.3) is 0 Å². The third kappa shape index (κ3) is 6.42. The molecule has 0 aliphatic carbocycles. The molecule has 0 radical (unpaired) electrons. The molecule has 1 aromatic heterocycles. The first kappa shape index (κ1) is 30.1. The number of benzene rings is 1. The average molecular weight is 597 g/mol. The minimum absolute atomic E-state index is 0.128. The van der Waals surface area contributed by atoms with E-state index in [-0.39, 0.29) is 27.5 Å². The lowest BCUT2D eigenvalue weighted by Crippen LogP contribution is -2.43. The number of alkyl halides is 9. The van der Waals surface area contributed by atoms with Gasteiger partial charge in [-0.1, -0.05) is 5.16 Å². The van der Waals surface area contributed by atoms with Gasteiger partial charge >= 0.3 is 18.5 Å². The van der Waals surface area contributed by atoms with Crippen LogP contribution in [0.15, 0.2) is 23.4 Å². The third-order valence-corrected chi connectivity index (χ3v) is 6.57. The van der Waals surface area contributed by atoms with Gasteiger partial charge in [0.25, 0.3) is 11.5 Å². The fourth-order valence-electron chi connectivity index (χ4n) is 3.44. The zero-order valence-corrected chi connectivity index (χ0v) is 19.9. The maximum Gasteiger partial charge on any atom is 0.435 e. The van der Waals surface area contributed by atoms with E-state index in [9.17, 15) is 57.9 Å². The van der Waals surface area contributed by atoms with Crippen LogP contribution in [0.2, 0.25) is 0 Å². The van der Waals surface area contributed by atoms with Crippen molar-refractivity contribution >= 4 is 28.9 Å². The van der Waals surface area contributed by atoms with Gasteiger partial charge in [-0.15, -0.1) is 11.3 Å². The van der Waals surface area contributed by atoms with Gasteiger partial charge < -0.3 is 15.5 Å². The molecular weight excluding hydrogens is 583 g/mol. The predicted octanol–water partition coefficient (Wildman–Crippen LogP) is 5.34. The van der Waals surface area contributed by atoms with Gasteiger partial charge in [0, 0.05) is 11.6 Å². The van der Waals surface area contributed by atoms with Crippen LogP contribution in [-0.4, -0.2) is 43.0 Å². The number of nitrogens with zero attached hydrogens (tertiary/aromatic N) is 1. The minimum Gasteiger partial charge on any atom is -0.374 e. The molecule has 2 heterocycles. The van der Waals surface area contributed by atoms with E-state index < -0.39 is 83.9 Å². The second-order valence-corrected chi connectivity index (χ2v) is 9.19. The Bertz CT molecular complexity index is 1320. The van der Waals surface area contributed by atoms with Crippen LogP contribution in [0.5, 0.6) is 0 Å². The van der Waals surface area contributed by atoms with Crippen LogP contribution in [-0.2, 0) is 21.4 Å².